The number of Topliss-reactive ketones (excluding diaryl/α,β-unsaturated/α-hetero) is 1. The molecule has 2 unspecified atom stereocenters. The first-order valence-corrected chi connectivity index (χ1v) is 10.7. The average molecular weight is 374 g/mol. The highest BCUT2D eigenvalue weighted by Crippen LogP contribution is 2.32. The molecule has 1 aromatic heterocycles. The lowest BCUT2D eigenvalue weighted by molar-refractivity contribution is -0.120. The summed E-state index contributed by atoms with van der Waals surface area (Å²) in [5, 5.41) is 0. The molecule has 6 heteroatoms. The largest absolute Gasteiger partial charge is 0.332 e. The van der Waals surface area contributed by atoms with Crippen LogP contribution in [-0.2, 0) is 11.3 Å². The molecule has 0 amide bonds. The van der Waals surface area contributed by atoms with Crippen LogP contribution in [0.5, 0.6) is 0 Å². The second-order valence-electron chi connectivity index (χ2n) is 7.87. The van der Waals surface area contributed by atoms with E-state index in [9.17, 15) is 4.79 Å². The fourth-order valence-electron chi connectivity index (χ4n) is 4.70. The number of hydrogen-bond donors (Lipinski definition) is 0. The lowest BCUT2D eigenvalue weighted by Gasteiger charge is -2.40. The van der Waals surface area contributed by atoms with Crippen LogP contribution in [0.3, 0.4) is 0 Å². The Morgan fingerprint density at radius 2 is 1.67 bits per heavy atom. The molecule has 3 saturated heterocycles. The molecule has 0 aromatic carbocycles. The maximum atomic E-state index is 11.5. The van der Waals surface area contributed by atoms with Crippen LogP contribution in [0.2, 0.25) is 0 Å². The molecule has 0 N–H and O–H groups in total. The topological polar surface area (TPSA) is 52.6 Å². The Kier molecular flexibility index (Phi) is 6.82. The summed E-state index contributed by atoms with van der Waals surface area (Å²) < 4.78 is 0. The maximum absolute atomic E-state index is 11.5. The summed E-state index contributed by atoms with van der Waals surface area (Å²) in [6.45, 7) is 14.1. The van der Waals surface area contributed by atoms with E-state index in [1.807, 2.05) is 26.2 Å². The van der Waals surface area contributed by atoms with Crippen molar-refractivity contribution >= 4 is 11.7 Å². The minimum atomic E-state index is 0.214. The Hall–Kier alpha value is -1.53. The van der Waals surface area contributed by atoms with Crippen LogP contribution in [0, 0.1) is 5.92 Å². The van der Waals surface area contributed by atoms with Crippen LogP contribution in [-0.4, -0.2) is 70.4 Å². The van der Waals surface area contributed by atoms with Crippen LogP contribution in [0.1, 0.15) is 52.5 Å². The van der Waals surface area contributed by atoms with Crippen LogP contribution in [0.4, 0.5) is 5.95 Å². The molecule has 4 heterocycles. The number of fused-ring (bicyclic) bond motifs is 2. The Bertz CT molecular complexity index is 606. The van der Waals surface area contributed by atoms with E-state index in [4.69, 9.17) is 9.97 Å². The van der Waals surface area contributed by atoms with Crippen molar-refractivity contribution in [1.82, 2.24) is 19.8 Å². The second-order valence-corrected chi connectivity index (χ2v) is 7.87. The third kappa shape index (κ3) is 4.49. The first-order chi connectivity index (χ1) is 13.1. The number of anilines is 1. The number of likely N-dealkylation sites (tertiary alicyclic amines) is 2. The zero-order valence-electron chi connectivity index (χ0n) is 17.4. The van der Waals surface area contributed by atoms with Crippen molar-refractivity contribution in [3.05, 3.63) is 18.0 Å². The quantitative estimate of drug-likeness (QED) is 0.791. The van der Waals surface area contributed by atoms with Gasteiger partial charge in [-0.05, 0) is 39.3 Å². The minimum absolute atomic E-state index is 0.214. The van der Waals surface area contributed by atoms with Gasteiger partial charge in [0.1, 0.15) is 5.78 Å². The molecular weight excluding hydrogens is 338 g/mol. The van der Waals surface area contributed by atoms with Gasteiger partial charge in [-0.2, -0.15) is 0 Å². The van der Waals surface area contributed by atoms with E-state index >= 15 is 0 Å². The molecule has 0 radical (unpaired) electrons. The number of carbonyl (C=O) groups excluding carboxylic acids is 1. The molecule has 27 heavy (non-hydrogen) atoms. The van der Waals surface area contributed by atoms with Gasteiger partial charge in [0.2, 0.25) is 5.95 Å². The SMILES string of the molecule is CC.CCN1CC2CCC(C1)N2c1ncc(CN2CC[C@H](C(C)=O)C2)cn1. The highest BCUT2D eigenvalue weighted by Gasteiger charge is 2.40. The molecule has 4 rings (SSSR count). The van der Waals surface area contributed by atoms with E-state index in [2.05, 4.69) is 21.6 Å². The summed E-state index contributed by atoms with van der Waals surface area (Å²) in [4.78, 5) is 28.2. The van der Waals surface area contributed by atoms with E-state index in [1.54, 1.807) is 6.92 Å². The summed E-state index contributed by atoms with van der Waals surface area (Å²) in [6.07, 6.45) is 7.46. The Labute approximate surface area is 164 Å². The van der Waals surface area contributed by atoms with E-state index in [-0.39, 0.29) is 5.92 Å². The second kappa shape index (κ2) is 9.11. The van der Waals surface area contributed by atoms with Gasteiger partial charge in [0.15, 0.2) is 0 Å². The standard InChI is InChI=1S/C19H29N5O.C2H6/c1-3-22-12-17-4-5-18(13-22)24(17)19-20-8-15(9-21-19)10-23-7-6-16(11-23)14(2)25;1-2/h8-9,16-18H,3-7,10-13H2,1-2H3;1-2H3/t16-,17?,18?;/m0./s1. The monoisotopic (exact) mass is 373 g/mol. The van der Waals surface area contributed by atoms with Gasteiger partial charge in [-0.1, -0.05) is 20.8 Å². The number of nitrogens with zero attached hydrogens (tertiary/aromatic N) is 5. The number of rotatable bonds is 5. The first kappa shape index (κ1) is 20.2. The summed E-state index contributed by atoms with van der Waals surface area (Å²) in [5.74, 6) is 1.43. The fourth-order valence-corrected chi connectivity index (χ4v) is 4.70. The fraction of sp³-hybridized carbons (Fsp3) is 0.762. The molecule has 6 nitrogen and oxygen atoms in total. The Morgan fingerprint density at radius 3 is 2.19 bits per heavy atom. The summed E-state index contributed by atoms with van der Waals surface area (Å²) in [6, 6.07) is 1.14. The van der Waals surface area contributed by atoms with Gasteiger partial charge >= 0.3 is 0 Å². The number of aromatic nitrogens is 2. The number of ketones is 1. The predicted octanol–water partition coefficient (Wildman–Crippen LogP) is 2.59. The molecule has 3 atom stereocenters. The van der Waals surface area contributed by atoms with Crippen molar-refractivity contribution < 1.29 is 4.79 Å². The van der Waals surface area contributed by atoms with Crippen molar-refractivity contribution in [2.24, 2.45) is 5.92 Å². The smallest absolute Gasteiger partial charge is 0.225 e. The molecule has 3 aliphatic rings. The molecule has 0 aliphatic carbocycles. The normalized spacial score (nSPS) is 28.1. The molecule has 1 aromatic rings. The van der Waals surface area contributed by atoms with Crippen LogP contribution in [0.25, 0.3) is 0 Å². The highest BCUT2D eigenvalue weighted by atomic mass is 16.1. The predicted molar refractivity (Wildman–Crippen MR) is 109 cm³/mol. The molecule has 150 valence electrons. The average Bonchev–Trinajstić information content (AvgIpc) is 3.26. The lowest BCUT2D eigenvalue weighted by Crippen LogP contribution is -2.54. The van der Waals surface area contributed by atoms with Crippen molar-refractivity contribution in [2.75, 3.05) is 37.6 Å². The van der Waals surface area contributed by atoms with Gasteiger partial charge in [-0.25, -0.2) is 9.97 Å². The van der Waals surface area contributed by atoms with Gasteiger partial charge in [0.25, 0.3) is 0 Å². The van der Waals surface area contributed by atoms with Crippen molar-refractivity contribution in [2.45, 2.75) is 65.6 Å². The molecular formula is C21H35N5O. The van der Waals surface area contributed by atoms with Crippen LogP contribution >= 0.6 is 0 Å². The lowest BCUT2D eigenvalue weighted by atomic mass is 10.1. The molecule has 2 bridgehead atoms. The number of hydrogen-bond acceptors (Lipinski definition) is 6. The molecule has 3 fully saturated rings. The zero-order valence-corrected chi connectivity index (χ0v) is 17.4. The summed E-state index contributed by atoms with van der Waals surface area (Å²) in [5.41, 5.74) is 1.15. The van der Waals surface area contributed by atoms with E-state index in [0.29, 0.717) is 17.9 Å². The summed E-state index contributed by atoms with van der Waals surface area (Å²) >= 11 is 0. The first-order valence-electron chi connectivity index (χ1n) is 10.7. The van der Waals surface area contributed by atoms with E-state index < -0.39 is 0 Å². The maximum Gasteiger partial charge on any atom is 0.225 e. The van der Waals surface area contributed by atoms with Crippen molar-refractivity contribution in [1.29, 1.82) is 0 Å². The van der Waals surface area contributed by atoms with E-state index in [0.717, 1.165) is 57.2 Å². The number of piperazine rings is 1. The van der Waals surface area contributed by atoms with E-state index in [1.165, 1.54) is 12.8 Å². The third-order valence-corrected chi connectivity index (χ3v) is 6.18. The van der Waals surface area contributed by atoms with Gasteiger partial charge in [0.05, 0.1) is 0 Å². The van der Waals surface area contributed by atoms with Crippen molar-refractivity contribution in [3.8, 4) is 0 Å². The minimum Gasteiger partial charge on any atom is -0.332 e. The summed E-state index contributed by atoms with van der Waals surface area (Å²) in [7, 11) is 0. The number of likely N-dealkylation sites (N-methyl/N-ethyl adjacent to an activating group) is 1. The molecule has 0 saturated carbocycles. The van der Waals surface area contributed by atoms with Crippen LogP contribution < -0.4 is 4.90 Å². The van der Waals surface area contributed by atoms with Gasteiger partial charge < -0.3 is 4.90 Å². The Morgan fingerprint density at radius 1 is 1.04 bits per heavy atom. The highest BCUT2D eigenvalue weighted by molar-refractivity contribution is 5.78. The Balaban J connectivity index is 0.00000102. The van der Waals surface area contributed by atoms with Crippen LogP contribution in [0.15, 0.2) is 12.4 Å². The zero-order chi connectivity index (χ0) is 19.4. The number of carbonyl (C=O) groups is 1. The van der Waals surface area contributed by atoms with Crippen molar-refractivity contribution in [3.63, 3.8) is 0 Å². The van der Waals surface area contributed by atoms with Gasteiger partial charge in [-0.15, -0.1) is 0 Å². The van der Waals surface area contributed by atoms with Gasteiger partial charge in [0, 0.05) is 62.1 Å². The van der Waals surface area contributed by atoms with Gasteiger partial charge in [-0.3, -0.25) is 14.6 Å². The third-order valence-electron chi connectivity index (χ3n) is 6.18. The molecule has 3 aliphatic heterocycles. The molecule has 0 spiro atoms.